The highest BCUT2D eigenvalue weighted by Crippen LogP contribution is 2.23. The SMILES string of the molecule is CCNC(=NCCCN(C)c1cccc(F)c1)NC1CCCC(S(=O)CC)C1.I. The van der Waals surface area contributed by atoms with Gasteiger partial charge < -0.3 is 15.5 Å². The quantitative estimate of drug-likeness (QED) is 0.217. The average Bonchev–Trinajstić information content (AvgIpc) is 2.70. The molecule has 1 aliphatic rings. The van der Waals surface area contributed by atoms with E-state index in [4.69, 9.17) is 4.99 Å². The first-order valence-electron chi connectivity index (χ1n) is 10.4. The zero-order valence-corrected chi connectivity index (χ0v) is 21.0. The van der Waals surface area contributed by atoms with Crippen LogP contribution in [0.2, 0.25) is 0 Å². The van der Waals surface area contributed by atoms with Crippen molar-refractivity contribution in [2.45, 2.75) is 57.2 Å². The number of nitrogens with one attached hydrogen (secondary N) is 2. The van der Waals surface area contributed by atoms with Gasteiger partial charge in [0.05, 0.1) is 0 Å². The highest BCUT2D eigenvalue weighted by atomic mass is 127. The van der Waals surface area contributed by atoms with Gasteiger partial charge in [-0.25, -0.2) is 4.39 Å². The van der Waals surface area contributed by atoms with E-state index in [0.717, 1.165) is 62.6 Å². The summed E-state index contributed by atoms with van der Waals surface area (Å²) >= 11 is 0. The summed E-state index contributed by atoms with van der Waals surface area (Å²) < 4.78 is 25.5. The van der Waals surface area contributed by atoms with Gasteiger partial charge in [-0.2, -0.15) is 0 Å². The molecule has 0 amide bonds. The standard InChI is InChI=1S/C21H35FN4OS.HI/c1-4-23-21(25-18-10-7-12-20(16-18)28(27)5-2)24-13-8-14-26(3)19-11-6-9-17(22)15-19;/h6,9,11,15,18,20H,4-5,7-8,10,12-14,16H2,1-3H3,(H2,23,24,25);1H. The van der Waals surface area contributed by atoms with E-state index < -0.39 is 10.8 Å². The maximum Gasteiger partial charge on any atom is 0.191 e. The Kier molecular flexibility index (Phi) is 12.8. The van der Waals surface area contributed by atoms with Gasteiger partial charge in [-0.05, 0) is 50.8 Å². The Morgan fingerprint density at radius 1 is 1.34 bits per heavy atom. The van der Waals surface area contributed by atoms with Crippen molar-refractivity contribution < 1.29 is 8.60 Å². The van der Waals surface area contributed by atoms with Gasteiger partial charge in [-0.3, -0.25) is 9.20 Å². The molecular weight excluding hydrogens is 502 g/mol. The normalized spacial score (nSPS) is 20.5. The summed E-state index contributed by atoms with van der Waals surface area (Å²) in [6.45, 7) is 6.38. The predicted octanol–water partition coefficient (Wildman–Crippen LogP) is 3.90. The monoisotopic (exact) mass is 538 g/mol. The lowest BCUT2D eigenvalue weighted by Gasteiger charge is -2.30. The third-order valence-corrected chi connectivity index (χ3v) is 6.88. The van der Waals surface area contributed by atoms with Gasteiger partial charge in [0.2, 0.25) is 0 Å². The van der Waals surface area contributed by atoms with Gasteiger partial charge in [-0.1, -0.05) is 19.4 Å². The number of nitrogens with zero attached hydrogens (tertiary/aromatic N) is 2. The molecule has 8 heteroatoms. The molecule has 0 saturated heterocycles. The molecule has 166 valence electrons. The lowest BCUT2D eigenvalue weighted by molar-refractivity contribution is 0.413. The van der Waals surface area contributed by atoms with Crippen LogP contribution in [0.3, 0.4) is 0 Å². The Morgan fingerprint density at radius 2 is 2.14 bits per heavy atom. The Hall–Kier alpha value is -0.900. The number of benzene rings is 1. The largest absolute Gasteiger partial charge is 0.374 e. The fourth-order valence-electron chi connectivity index (χ4n) is 3.61. The number of halogens is 2. The summed E-state index contributed by atoms with van der Waals surface area (Å²) in [4.78, 5) is 6.74. The second-order valence-electron chi connectivity index (χ2n) is 7.31. The maximum absolute atomic E-state index is 13.3. The summed E-state index contributed by atoms with van der Waals surface area (Å²) in [6, 6.07) is 6.99. The van der Waals surface area contributed by atoms with Crippen LogP contribution < -0.4 is 15.5 Å². The zero-order chi connectivity index (χ0) is 20.4. The fourth-order valence-corrected chi connectivity index (χ4v) is 4.95. The lowest BCUT2D eigenvalue weighted by Crippen LogP contribution is -2.46. The molecule has 2 N–H and O–H groups in total. The number of aliphatic imine (C=N–C) groups is 1. The van der Waals surface area contributed by atoms with Crippen molar-refractivity contribution >= 4 is 46.4 Å². The first-order chi connectivity index (χ1) is 13.5. The van der Waals surface area contributed by atoms with Crippen LogP contribution in [0, 0.1) is 5.82 Å². The van der Waals surface area contributed by atoms with Gasteiger partial charge in [0.15, 0.2) is 5.96 Å². The van der Waals surface area contributed by atoms with Crippen LogP contribution in [0.15, 0.2) is 29.3 Å². The minimum atomic E-state index is -0.717. The molecule has 1 fully saturated rings. The van der Waals surface area contributed by atoms with Crippen LogP contribution >= 0.6 is 24.0 Å². The molecule has 29 heavy (non-hydrogen) atoms. The van der Waals surface area contributed by atoms with E-state index >= 15 is 0 Å². The van der Waals surface area contributed by atoms with Gasteiger partial charge in [0.1, 0.15) is 5.82 Å². The molecule has 1 aromatic rings. The van der Waals surface area contributed by atoms with Gasteiger partial charge in [-0.15, -0.1) is 24.0 Å². The van der Waals surface area contributed by atoms with Crippen molar-refractivity contribution in [3.05, 3.63) is 30.1 Å². The van der Waals surface area contributed by atoms with Crippen molar-refractivity contribution in [3.63, 3.8) is 0 Å². The third kappa shape index (κ3) is 9.19. The van der Waals surface area contributed by atoms with Crippen molar-refractivity contribution in [1.29, 1.82) is 0 Å². The Labute approximate surface area is 194 Å². The highest BCUT2D eigenvalue weighted by molar-refractivity contribution is 14.0. The average molecular weight is 539 g/mol. The zero-order valence-electron chi connectivity index (χ0n) is 17.8. The second-order valence-corrected chi connectivity index (χ2v) is 9.32. The van der Waals surface area contributed by atoms with Crippen molar-refractivity contribution in [2.75, 3.05) is 37.3 Å². The minimum Gasteiger partial charge on any atom is -0.374 e. The molecule has 0 radical (unpaired) electrons. The first kappa shape index (κ1) is 26.1. The molecule has 0 heterocycles. The highest BCUT2D eigenvalue weighted by Gasteiger charge is 2.25. The van der Waals surface area contributed by atoms with Crippen molar-refractivity contribution in [3.8, 4) is 0 Å². The van der Waals surface area contributed by atoms with E-state index in [-0.39, 0.29) is 29.8 Å². The molecule has 3 atom stereocenters. The molecule has 1 aliphatic carbocycles. The molecule has 0 aromatic heterocycles. The number of hydrogen-bond acceptors (Lipinski definition) is 3. The Balaban J connectivity index is 0.00000420. The van der Waals surface area contributed by atoms with Crippen LogP contribution in [0.4, 0.5) is 10.1 Å². The molecule has 0 bridgehead atoms. The fraction of sp³-hybridized carbons (Fsp3) is 0.667. The molecule has 1 saturated carbocycles. The third-order valence-electron chi connectivity index (χ3n) is 5.14. The van der Waals surface area contributed by atoms with E-state index in [1.165, 1.54) is 6.07 Å². The summed E-state index contributed by atoms with van der Waals surface area (Å²) in [5, 5.41) is 7.15. The van der Waals surface area contributed by atoms with Crippen LogP contribution in [0.1, 0.15) is 46.0 Å². The lowest BCUT2D eigenvalue weighted by atomic mass is 9.95. The molecule has 0 spiro atoms. The Bertz CT molecular complexity index is 661. The summed E-state index contributed by atoms with van der Waals surface area (Å²) in [5.41, 5.74) is 0.881. The van der Waals surface area contributed by atoms with Crippen LogP contribution in [0.25, 0.3) is 0 Å². The number of anilines is 1. The predicted molar refractivity (Wildman–Crippen MR) is 134 cm³/mol. The van der Waals surface area contributed by atoms with Gasteiger partial charge in [0.25, 0.3) is 0 Å². The van der Waals surface area contributed by atoms with Crippen molar-refractivity contribution in [1.82, 2.24) is 10.6 Å². The van der Waals surface area contributed by atoms with Crippen LogP contribution in [0.5, 0.6) is 0 Å². The number of hydrogen-bond donors (Lipinski definition) is 2. The van der Waals surface area contributed by atoms with E-state index in [9.17, 15) is 8.60 Å². The summed E-state index contributed by atoms with van der Waals surface area (Å²) in [6.07, 6.45) is 5.12. The summed E-state index contributed by atoms with van der Waals surface area (Å²) in [5.74, 6) is 1.37. The smallest absolute Gasteiger partial charge is 0.191 e. The van der Waals surface area contributed by atoms with E-state index in [2.05, 4.69) is 17.6 Å². The molecular formula is C21H36FIN4OS. The van der Waals surface area contributed by atoms with Crippen LogP contribution in [-0.4, -0.2) is 53.9 Å². The molecule has 1 aromatic carbocycles. The first-order valence-corrected chi connectivity index (χ1v) is 11.8. The number of rotatable bonds is 9. The Morgan fingerprint density at radius 3 is 2.83 bits per heavy atom. The van der Waals surface area contributed by atoms with Gasteiger partial charge >= 0.3 is 0 Å². The van der Waals surface area contributed by atoms with Crippen molar-refractivity contribution in [2.24, 2.45) is 4.99 Å². The molecule has 5 nitrogen and oxygen atoms in total. The summed E-state index contributed by atoms with van der Waals surface area (Å²) in [7, 11) is 1.25. The van der Waals surface area contributed by atoms with E-state index in [1.54, 1.807) is 12.1 Å². The van der Waals surface area contributed by atoms with Crippen LogP contribution in [-0.2, 0) is 10.8 Å². The van der Waals surface area contributed by atoms with E-state index in [1.807, 2.05) is 24.9 Å². The minimum absolute atomic E-state index is 0. The second kappa shape index (κ2) is 14.2. The van der Waals surface area contributed by atoms with Gasteiger partial charge in [0, 0.05) is 60.2 Å². The maximum atomic E-state index is 13.3. The topological polar surface area (TPSA) is 56.7 Å². The molecule has 2 rings (SSSR count). The molecule has 0 aliphatic heterocycles. The number of guanidine groups is 1. The molecule has 3 unspecified atom stereocenters. The van der Waals surface area contributed by atoms with E-state index in [0.29, 0.717) is 17.8 Å².